The van der Waals surface area contributed by atoms with Crippen LogP contribution in [0.15, 0.2) is 47.7 Å². The Kier molecular flexibility index (Phi) is 10.3. The third-order valence-electron chi connectivity index (χ3n) is 4.86. The van der Waals surface area contributed by atoms with Crippen molar-refractivity contribution in [2.24, 2.45) is 4.99 Å². The Morgan fingerprint density at radius 3 is 2.61 bits per heavy atom. The van der Waals surface area contributed by atoms with Gasteiger partial charge in [0, 0.05) is 32.0 Å². The predicted molar refractivity (Wildman–Crippen MR) is 127 cm³/mol. The fraction of sp³-hybridized carbons (Fsp3) is 0.524. The molecule has 28 heavy (non-hydrogen) atoms. The summed E-state index contributed by atoms with van der Waals surface area (Å²) in [4.78, 5) is 7.25. The first-order valence-corrected chi connectivity index (χ1v) is 10.2. The molecule has 1 aromatic carbocycles. The van der Waals surface area contributed by atoms with E-state index in [9.17, 15) is 0 Å². The van der Waals surface area contributed by atoms with E-state index in [1.165, 1.54) is 38.0 Å². The molecule has 1 aliphatic rings. The quantitative estimate of drug-likeness (QED) is 0.243. The van der Waals surface area contributed by atoms with Gasteiger partial charge in [0.05, 0.1) is 5.69 Å². The first-order valence-electron chi connectivity index (χ1n) is 10.2. The summed E-state index contributed by atoms with van der Waals surface area (Å²) in [5.41, 5.74) is 2.40. The van der Waals surface area contributed by atoms with Crippen molar-refractivity contribution in [2.75, 3.05) is 39.3 Å². The van der Waals surface area contributed by atoms with Crippen LogP contribution < -0.4 is 10.6 Å². The number of nitrogens with one attached hydrogen (secondary N) is 2. The number of aromatic nitrogens is 2. The fourth-order valence-electron chi connectivity index (χ4n) is 3.40. The molecule has 2 heterocycles. The van der Waals surface area contributed by atoms with Gasteiger partial charge in [-0.1, -0.05) is 12.1 Å². The summed E-state index contributed by atoms with van der Waals surface area (Å²) in [6.07, 6.45) is 8.57. The Morgan fingerprint density at radius 2 is 1.93 bits per heavy atom. The third kappa shape index (κ3) is 7.43. The van der Waals surface area contributed by atoms with E-state index in [-0.39, 0.29) is 24.0 Å². The molecule has 0 bridgehead atoms. The number of benzene rings is 1. The lowest BCUT2D eigenvalue weighted by Crippen LogP contribution is -2.38. The molecule has 0 amide bonds. The van der Waals surface area contributed by atoms with Crippen LogP contribution in [-0.2, 0) is 6.42 Å². The van der Waals surface area contributed by atoms with Crippen molar-refractivity contribution in [1.29, 1.82) is 0 Å². The van der Waals surface area contributed by atoms with Crippen molar-refractivity contribution < 1.29 is 0 Å². The number of halogens is 1. The number of nitrogens with zero attached hydrogens (tertiary/aromatic N) is 4. The number of hydrogen-bond donors (Lipinski definition) is 2. The summed E-state index contributed by atoms with van der Waals surface area (Å²) in [6.45, 7) is 8.45. The van der Waals surface area contributed by atoms with Crippen LogP contribution in [0.3, 0.4) is 0 Å². The highest BCUT2D eigenvalue weighted by Crippen LogP contribution is 2.09. The zero-order valence-corrected chi connectivity index (χ0v) is 19.1. The molecule has 1 saturated heterocycles. The molecule has 2 aromatic rings. The molecule has 1 aromatic heterocycles. The molecule has 0 atom stereocenters. The third-order valence-corrected chi connectivity index (χ3v) is 4.86. The van der Waals surface area contributed by atoms with Crippen molar-refractivity contribution >= 4 is 29.9 Å². The van der Waals surface area contributed by atoms with Gasteiger partial charge in [-0.2, -0.15) is 5.10 Å². The van der Waals surface area contributed by atoms with Crippen LogP contribution in [0.2, 0.25) is 0 Å². The lowest BCUT2D eigenvalue weighted by molar-refractivity contribution is 0.336. The smallest absolute Gasteiger partial charge is 0.191 e. The van der Waals surface area contributed by atoms with E-state index in [0.717, 1.165) is 44.1 Å². The van der Waals surface area contributed by atoms with E-state index < -0.39 is 0 Å². The van der Waals surface area contributed by atoms with Crippen LogP contribution >= 0.6 is 24.0 Å². The summed E-state index contributed by atoms with van der Waals surface area (Å²) >= 11 is 0. The Morgan fingerprint density at radius 1 is 1.14 bits per heavy atom. The van der Waals surface area contributed by atoms with Crippen LogP contribution in [0, 0.1) is 0 Å². The van der Waals surface area contributed by atoms with Crippen LogP contribution in [-0.4, -0.2) is 59.9 Å². The maximum atomic E-state index is 4.71. The highest BCUT2D eigenvalue weighted by Gasteiger charge is 2.10. The average Bonchev–Trinajstić information content (AvgIpc) is 3.40. The van der Waals surface area contributed by atoms with Gasteiger partial charge in [0.15, 0.2) is 5.96 Å². The molecule has 2 N–H and O–H groups in total. The van der Waals surface area contributed by atoms with Crippen LogP contribution in [0.4, 0.5) is 0 Å². The summed E-state index contributed by atoms with van der Waals surface area (Å²) in [5, 5.41) is 11.0. The van der Waals surface area contributed by atoms with E-state index >= 15 is 0 Å². The van der Waals surface area contributed by atoms with Gasteiger partial charge >= 0.3 is 0 Å². The van der Waals surface area contributed by atoms with E-state index in [2.05, 4.69) is 51.8 Å². The maximum absolute atomic E-state index is 4.71. The van der Waals surface area contributed by atoms with Gasteiger partial charge in [-0.3, -0.25) is 4.99 Å². The Labute approximate surface area is 185 Å². The van der Waals surface area contributed by atoms with Crippen molar-refractivity contribution in [1.82, 2.24) is 25.3 Å². The van der Waals surface area contributed by atoms with Crippen LogP contribution in [0.25, 0.3) is 5.69 Å². The fourth-order valence-corrected chi connectivity index (χ4v) is 3.40. The summed E-state index contributed by atoms with van der Waals surface area (Å²) in [5.74, 6) is 0.923. The highest BCUT2D eigenvalue weighted by atomic mass is 127. The lowest BCUT2D eigenvalue weighted by Gasteiger charge is -2.14. The van der Waals surface area contributed by atoms with Crippen LogP contribution in [0.1, 0.15) is 31.7 Å². The monoisotopic (exact) mass is 496 g/mol. The van der Waals surface area contributed by atoms with Crippen molar-refractivity contribution in [3.8, 4) is 5.69 Å². The van der Waals surface area contributed by atoms with Crippen LogP contribution in [0.5, 0.6) is 0 Å². The molecule has 6 nitrogen and oxygen atoms in total. The standard InChI is InChI=1S/C21H32N6.HI/c1-2-22-21(23-12-5-17-26-15-3-4-16-26)24-14-11-19-7-9-20(10-8-19)27-18-6-13-25-27;/h6-10,13,18H,2-5,11-12,14-17H2,1H3,(H2,22,23,24);1H. The lowest BCUT2D eigenvalue weighted by atomic mass is 10.1. The molecule has 154 valence electrons. The second kappa shape index (κ2) is 12.8. The Hall–Kier alpha value is -1.61. The SMILES string of the molecule is CCNC(=NCCCN1CCCC1)NCCc1ccc(-n2cccn2)cc1.I. The molecule has 0 aliphatic carbocycles. The largest absolute Gasteiger partial charge is 0.357 e. The normalized spacial score (nSPS) is 14.7. The first-order chi connectivity index (χ1) is 13.3. The predicted octanol–water partition coefficient (Wildman–Crippen LogP) is 3.07. The molecule has 1 fully saturated rings. The number of likely N-dealkylation sites (tertiary alicyclic amines) is 1. The summed E-state index contributed by atoms with van der Waals surface area (Å²) in [6, 6.07) is 10.5. The number of rotatable bonds is 9. The molecule has 3 rings (SSSR count). The van der Waals surface area contributed by atoms with Crippen molar-refractivity contribution in [3.05, 3.63) is 48.3 Å². The number of aliphatic imine (C=N–C) groups is 1. The highest BCUT2D eigenvalue weighted by molar-refractivity contribution is 14.0. The summed E-state index contributed by atoms with van der Waals surface area (Å²) < 4.78 is 1.88. The molecule has 0 saturated carbocycles. The second-order valence-electron chi connectivity index (χ2n) is 6.96. The van der Waals surface area contributed by atoms with Crippen molar-refractivity contribution in [3.63, 3.8) is 0 Å². The van der Waals surface area contributed by atoms with Gasteiger partial charge < -0.3 is 15.5 Å². The minimum Gasteiger partial charge on any atom is -0.357 e. The first kappa shape index (κ1) is 22.7. The minimum absolute atomic E-state index is 0. The van der Waals surface area contributed by atoms with Crippen molar-refractivity contribution in [2.45, 2.75) is 32.6 Å². The van der Waals surface area contributed by atoms with Gasteiger partial charge in [-0.05, 0) is 76.0 Å². The molecular weight excluding hydrogens is 463 g/mol. The van der Waals surface area contributed by atoms with Gasteiger partial charge in [-0.25, -0.2) is 4.68 Å². The Balaban J connectivity index is 0.00000280. The minimum atomic E-state index is 0. The molecule has 0 unspecified atom stereocenters. The van der Waals surface area contributed by atoms with Gasteiger partial charge in [-0.15, -0.1) is 24.0 Å². The molecule has 0 radical (unpaired) electrons. The molecule has 0 spiro atoms. The average molecular weight is 496 g/mol. The zero-order valence-electron chi connectivity index (χ0n) is 16.8. The molecule has 7 heteroatoms. The van der Waals surface area contributed by atoms with Gasteiger partial charge in [0.25, 0.3) is 0 Å². The van der Waals surface area contributed by atoms with Gasteiger partial charge in [0.2, 0.25) is 0 Å². The molecular formula is C21H33IN6. The van der Waals surface area contributed by atoms with E-state index in [1.54, 1.807) is 6.20 Å². The van der Waals surface area contributed by atoms with Gasteiger partial charge in [0.1, 0.15) is 0 Å². The maximum Gasteiger partial charge on any atom is 0.191 e. The number of hydrogen-bond acceptors (Lipinski definition) is 3. The summed E-state index contributed by atoms with van der Waals surface area (Å²) in [7, 11) is 0. The number of guanidine groups is 1. The van der Waals surface area contributed by atoms with E-state index in [1.807, 2.05) is 16.9 Å². The second-order valence-corrected chi connectivity index (χ2v) is 6.96. The van der Waals surface area contributed by atoms with E-state index in [0.29, 0.717) is 0 Å². The van der Waals surface area contributed by atoms with E-state index in [4.69, 9.17) is 4.99 Å². The Bertz CT molecular complexity index is 677. The zero-order chi connectivity index (χ0) is 18.7. The topological polar surface area (TPSA) is 57.5 Å². The molecule has 1 aliphatic heterocycles.